The number of rotatable bonds is 2. The Balaban J connectivity index is 2.39. The molecule has 1 heterocycles. The van der Waals surface area contributed by atoms with Crippen molar-refractivity contribution in [2.24, 2.45) is 5.92 Å². The van der Waals surface area contributed by atoms with E-state index in [2.05, 4.69) is 12.2 Å². The Kier molecular flexibility index (Phi) is 3.53. The molecule has 0 radical (unpaired) electrons. The average molecular weight is 170 g/mol. The standard InChI is InChI=1S/C9H18N2O/c1-3-8(2)9(12)11-6-4-10-5-7-11/h8,10H,3-7H2,1-2H3/t8-/m1/s1. The first-order chi connectivity index (χ1) is 5.75. The Morgan fingerprint density at radius 3 is 2.58 bits per heavy atom. The third-order valence-electron chi connectivity index (χ3n) is 2.46. The fourth-order valence-electron chi connectivity index (χ4n) is 1.37. The maximum Gasteiger partial charge on any atom is 0.225 e. The second kappa shape index (κ2) is 4.45. The second-order valence-corrected chi connectivity index (χ2v) is 3.38. The van der Waals surface area contributed by atoms with Crippen LogP contribution in [-0.4, -0.2) is 37.0 Å². The number of carbonyl (C=O) groups is 1. The minimum absolute atomic E-state index is 0.197. The Morgan fingerprint density at radius 1 is 1.50 bits per heavy atom. The topological polar surface area (TPSA) is 32.3 Å². The summed E-state index contributed by atoms with van der Waals surface area (Å²) in [5.74, 6) is 0.516. The molecule has 70 valence electrons. The van der Waals surface area contributed by atoms with Crippen LogP contribution in [0.25, 0.3) is 0 Å². The van der Waals surface area contributed by atoms with Gasteiger partial charge >= 0.3 is 0 Å². The highest BCUT2D eigenvalue weighted by atomic mass is 16.2. The second-order valence-electron chi connectivity index (χ2n) is 3.38. The zero-order chi connectivity index (χ0) is 8.97. The van der Waals surface area contributed by atoms with Crippen molar-refractivity contribution in [3.05, 3.63) is 0 Å². The number of hydrogen-bond donors (Lipinski definition) is 1. The van der Waals surface area contributed by atoms with Crippen LogP contribution in [-0.2, 0) is 4.79 Å². The van der Waals surface area contributed by atoms with Crippen molar-refractivity contribution < 1.29 is 4.79 Å². The molecule has 0 unspecified atom stereocenters. The van der Waals surface area contributed by atoms with Crippen molar-refractivity contribution in [2.75, 3.05) is 26.2 Å². The van der Waals surface area contributed by atoms with Gasteiger partial charge in [-0.2, -0.15) is 0 Å². The molecule has 0 aromatic heterocycles. The van der Waals surface area contributed by atoms with E-state index >= 15 is 0 Å². The molecule has 1 atom stereocenters. The Morgan fingerprint density at radius 2 is 2.08 bits per heavy atom. The lowest BCUT2D eigenvalue weighted by molar-refractivity contribution is -0.135. The van der Waals surface area contributed by atoms with Crippen molar-refractivity contribution in [3.8, 4) is 0 Å². The van der Waals surface area contributed by atoms with Gasteiger partial charge < -0.3 is 10.2 Å². The Labute approximate surface area is 74.1 Å². The van der Waals surface area contributed by atoms with Gasteiger partial charge in [-0.25, -0.2) is 0 Å². The van der Waals surface area contributed by atoms with Crippen LogP contribution in [0.5, 0.6) is 0 Å². The largest absolute Gasteiger partial charge is 0.340 e. The number of carbonyl (C=O) groups excluding carboxylic acids is 1. The molecule has 0 bridgehead atoms. The fraction of sp³-hybridized carbons (Fsp3) is 0.889. The molecule has 1 aliphatic rings. The van der Waals surface area contributed by atoms with Crippen LogP contribution < -0.4 is 5.32 Å². The minimum Gasteiger partial charge on any atom is -0.340 e. The average Bonchev–Trinajstić information content (AvgIpc) is 2.17. The van der Waals surface area contributed by atoms with E-state index in [-0.39, 0.29) is 5.92 Å². The summed E-state index contributed by atoms with van der Waals surface area (Å²) in [6, 6.07) is 0. The van der Waals surface area contributed by atoms with Gasteiger partial charge in [0.15, 0.2) is 0 Å². The van der Waals surface area contributed by atoms with Crippen molar-refractivity contribution in [1.29, 1.82) is 0 Å². The van der Waals surface area contributed by atoms with E-state index in [1.54, 1.807) is 0 Å². The summed E-state index contributed by atoms with van der Waals surface area (Å²) >= 11 is 0. The molecule has 0 aliphatic carbocycles. The Bertz CT molecular complexity index is 153. The summed E-state index contributed by atoms with van der Waals surface area (Å²) in [6.07, 6.45) is 0.947. The van der Waals surface area contributed by atoms with Crippen LogP contribution in [0, 0.1) is 5.92 Å². The highest BCUT2D eigenvalue weighted by Crippen LogP contribution is 2.06. The number of nitrogens with zero attached hydrogens (tertiary/aromatic N) is 1. The molecule has 0 aromatic carbocycles. The maximum atomic E-state index is 11.6. The monoisotopic (exact) mass is 170 g/mol. The molecule has 0 spiro atoms. The van der Waals surface area contributed by atoms with Crippen LogP contribution in [0.15, 0.2) is 0 Å². The van der Waals surface area contributed by atoms with Crippen molar-refractivity contribution >= 4 is 5.91 Å². The molecule has 1 amide bonds. The first-order valence-corrected chi connectivity index (χ1v) is 4.75. The predicted octanol–water partition coefficient (Wildman–Crippen LogP) is 0.464. The van der Waals surface area contributed by atoms with E-state index in [4.69, 9.17) is 0 Å². The molecule has 0 saturated carbocycles. The summed E-state index contributed by atoms with van der Waals surface area (Å²) in [7, 11) is 0. The van der Waals surface area contributed by atoms with Gasteiger partial charge in [-0.05, 0) is 6.42 Å². The molecular formula is C9H18N2O. The van der Waals surface area contributed by atoms with Crippen molar-refractivity contribution in [2.45, 2.75) is 20.3 Å². The lowest BCUT2D eigenvalue weighted by Gasteiger charge is -2.29. The van der Waals surface area contributed by atoms with Gasteiger partial charge in [-0.1, -0.05) is 13.8 Å². The molecule has 1 aliphatic heterocycles. The van der Waals surface area contributed by atoms with Gasteiger partial charge in [0.2, 0.25) is 5.91 Å². The lowest BCUT2D eigenvalue weighted by Crippen LogP contribution is -2.48. The quantitative estimate of drug-likeness (QED) is 0.653. The van der Waals surface area contributed by atoms with Crippen LogP contribution in [0.3, 0.4) is 0 Å². The predicted molar refractivity (Wildman–Crippen MR) is 48.9 cm³/mol. The first-order valence-electron chi connectivity index (χ1n) is 4.75. The van der Waals surface area contributed by atoms with Crippen LogP contribution >= 0.6 is 0 Å². The van der Waals surface area contributed by atoms with Crippen LogP contribution in [0.1, 0.15) is 20.3 Å². The molecule has 3 nitrogen and oxygen atoms in total. The van der Waals surface area contributed by atoms with Gasteiger partial charge in [0.05, 0.1) is 0 Å². The van der Waals surface area contributed by atoms with E-state index in [0.717, 1.165) is 32.6 Å². The van der Waals surface area contributed by atoms with Gasteiger partial charge in [-0.3, -0.25) is 4.79 Å². The van der Waals surface area contributed by atoms with E-state index in [0.29, 0.717) is 5.91 Å². The molecule has 1 N–H and O–H groups in total. The smallest absolute Gasteiger partial charge is 0.225 e. The fourth-order valence-corrected chi connectivity index (χ4v) is 1.37. The summed E-state index contributed by atoms with van der Waals surface area (Å²) in [4.78, 5) is 13.6. The molecule has 1 rings (SSSR count). The molecule has 3 heteroatoms. The van der Waals surface area contributed by atoms with Crippen LogP contribution in [0.2, 0.25) is 0 Å². The lowest BCUT2D eigenvalue weighted by atomic mass is 10.1. The van der Waals surface area contributed by atoms with Gasteiger partial charge in [0.25, 0.3) is 0 Å². The summed E-state index contributed by atoms with van der Waals surface area (Å²) in [5, 5.41) is 3.23. The Hall–Kier alpha value is -0.570. The van der Waals surface area contributed by atoms with E-state index < -0.39 is 0 Å². The maximum absolute atomic E-state index is 11.6. The van der Waals surface area contributed by atoms with Gasteiger partial charge in [0.1, 0.15) is 0 Å². The summed E-state index contributed by atoms with van der Waals surface area (Å²) in [6.45, 7) is 7.71. The van der Waals surface area contributed by atoms with E-state index in [9.17, 15) is 4.79 Å². The van der Waals surface area contributed by atoms with Crippen LogP contribution in [0.4, 0.5) is 0 Å². The van der Waals surface area contributed by atoms with Crippen molar-refractivity contribution in [3.63, 3.8) is 0 Å². The normalized spacial score (nSPS) is 20.7. The summed E-state index contributed by atoms with van der Waals surface area (Å²) < 4.78 is 0. The molecule has 0 aromatic rings. The van der Waals surface area contributed by atoms with E-state index in [1.807, 2.05) is 11.8 Å². The molecule has 1 fully saturated rings. The third-order valence-corrected chi connectivity index (χ3v) is 2.46. The molecular weight excluding hydrogens is 152 g/mol. The van der Waals surface area contributed by atoms with Gasteiger partial charge in [0, 0.05) is 32.1 Å². The number of nitrogens with one attached hydrogen (secondary N) is 1. The summed E-state index contributed by atoms with van der Waals surface area (Å²) in [5.41, 5.74) is 0. The highest BCUT2D eigenvalue weighted by Gasteiger charge is 2.19. The van der Waals surface area contributed by atoms with Gasteiger partial charge in [-0.15, -0.1) is 0 Å². The number of piperazine rings is 1. The zero-order valence-electron chi connectivity index (χ0n) is 7.97. The van der Waals surface area contributed by atoms with Crippen molar-refractivity contribution in [1.82, 2.24) is 10.2 Å². The molecule has 1 saturated heterocycles. The van der Waals surface area contributed by atoms with E-state index in [1.165, 1.54) is 0 Å². The highest BCUT2D eigenvalue weighted by molar-refractivity contribution is 5.78. The molecule has 12 heavy (non-hydrogen) atoms. The number of amides is 1. The number of hydrogen-bond acceptors (Lipinski definition) is 2. The zero-order valence-corrected chi connectivity index (χ0v) is 7.97. The first kappa shape index (κ1) is 9.52. The minimum atomic E-state index is 0.197. The SMILES string of the molecule is CC[C@@H](C)C(=O)N1CCNCC1. The third kappa shape index (κ3) is 2.21.